The van der Waals surface area contributed by atoms with Crippen molar-refractivity contribution in [3.8, 4) is 11.1 Å². The number of nitrogens with zero attached hydrogens (tertiary/aromatic N) is 1. The fourth-order valence-corrected chi connectivity index (χ4v) is 3.42. The van der Waals surface area contributed by atoms with Gasteiger partial charge in [0.05, 0.1) is 0 Å². The third-order valence-corrected chi connectivity index (χ3v) is 4.71. The van der Waals surface area contributed by atoms with Gasteiger partial charge >= 0.3 is 0 Å². The van der Waals surface area contributed by atoms with E-state index in [1.54, 1.807) is 0 Å². The van der Waals surface area contributed by atoms with Gasteiger partial charge in [-0.2, -0.15) is 0 Å². The summed E-state index contributed by atoms with van der Waals surface area (Å²) in [4.78, 5) is 4.66. The standard InChI is InChI=1S/C21H17ClN2O/c22-19-11-5-7-16(13-19)15-6-4-10-18(12-15)21(14-25-20(23)24-21)17-8-2-1-3-9-17/h1-13H,14H2,(H2,23,24)/t21-/m1/s1. The summed E-state index contributed by atoms with van der Waals surface area (Å²) < 4.78 is 5.55. The lowest BCUT2D eigenvalue weighted by atomic mass is 9.83. The molecule has 1 aliphatic heterocycles. The van der Waals surface area contributed by atoms with Crippen LogP contribution in [0.3, 0.4) is 0 Å². The van der Waals surface area contributed by atoms with Crippen LogP contribution in [0.5, 0.6) is 0 Å². The Morgan fingerprint density at radius 3 is 2.20 bits per heavy atom. The summed E-state index contributed by atoms with van der Waals surface area (Å²) in [6.45, 7) is 0.391. The van der Waals surface area contributed by atoms with Gasteiger partial charge in [-0.1, -0.05) is 72.3 Å². The van der Waals surface area contributed by atoms with Crippen LogP contribution in [0.1, 0.15) is 11.1 Å². The molecule has 124 valence electrons. The van der Waals surface area contributed by atoms with Crippen LogP contribution in [-0.4, -0.2) is 12.6 Å². The maximum atomic E-state index is 6.15. The molecular weight excluding hydrogens is 332 g/mol. The van der Waals surface area contributed by atoms with Gasteiger partial charge in [-0.3, -0.25) is 0 Å². The first-order valence-corrected chi connectivity index (χ1v) is 8.45. The predicted octanol–water partition coefficient (Wildman–Crippen LogP) is 4.60. The van der Waals surface area contributed by atoms with Gasteiger partial charge in [-0.05, 0) is 40.5 Å². The number of hydrogen-bond acceptors (Lipinski definition) is 3. The monoisotopic (exact) mass is 348 g/mol. The van der Waals surface area contributed by atoms with E-state index >= 15 is 0 Å². The summed E-state index contributed by atoms with van der Waals surface area (Å²) in [5.41, 5.74) is 9.48. The van der Waals surface area contributed by atoms with Crippen molar-refractivity contribution >= 4 is 17.6 Å². The van der Waals surface area contributed by atoms with Crippen molar-refractivity contribution in [1.82, 2.24) is 0 Å². The van der Waals surface area contributed by atoms with Crippen molar-refractivity contribution in [3.05, 3.63) is 95.0 Å². The highest BCUT2D eigenvalue weighted by atomic mass is 35.5. The molecule has 1 heterocycles. The molecule has 4 heteroatoms. The molecule has 0 saturated heterocycles. The zero-order valence-electron chi connectivity index (χ0n) is 13.5. The van der Waals surface area contributed by atoms with Gasteiger partial charge in [0.15, 0.2) is 5.54 Å². The SMILES string of the molecule is NC1=N[C@](c2ccccc2)(c2cccc(-c3cccc(Cl)c3)c2)CO1. The molecule has 0 spiro atoms. The number of halogens is 1. The maximum Gasteiger partial charge on any atom is 0.283 e. The van der Waals surface area contributed by atoms with Crippen molar-refractivity contribution in [2.45, 2.75) is 5.54 Å². The second-order valence-corrected chi connectivity index (χ2v) is 6.49. The minimum atomic E-state index is -0.625. The summed E-state index contributed by atoms with van der Waals surface area (Å²) in [5, 5.41) is 0.715. The van der Waals surface area contributed by atoms with Crippen LogP contribution in [0.4, 0.5) is 0 Å². The third-order valence-electron chi connectivity index (χ3n) is 4.48. The van der Waals surface area contributed by atoms with Gasteiger partial charge in [0.1, 0.15) is 6.61 Å². The zero-order valence-corrected chi connectivity index (χ0v) is 14.3. The molecule has 25 heavy (non-hydrogen) atoms. The molecule has 0 bridgehead atoms. The molecule has 0 fully saturated rings. The van der Waals surface area contributed by atoms with Crippen molar-refractivity contribution in [1.29, 1.82) is 0 Å². The molecule has 1 aliphatic rings. The van der Waals surface area contributed by atoms with E-state index in [4.69, 9.17) is 22.1 Å². The van der Waals surface area contributed by atoms with Crippen LogP contribution in [0.2, 0.25) is 5.02 Å². The first-order valence-electron chi connectivity index (χ1n) is 8.07. The number of aliphatic imine (C=N–C) groups is 1. The van der Waals surface area contributed by atoms with Crippen molar-refractivity contribution in [3.63, 3.8) is 0 Å². The van der Waals surface area contributed by atoms with Gasteiger partial charge in [0, 0.05) is 5.02 Å². The second kappa shape index (κ2) is 6.26. The summed E-state index contributed by atoms with van der Waals surface area (Å²) in [7, 11) is 0. The largest absolute Gasteiger partial charge is 0.462 e. The molecular formula is C21H17ClN2O. The topological polar surface area (TPSA) is 47.6 Å². The Morgan fingerprint density at radius 1 is 0.840 bits per heavy atom. The Labute approximate surface area is 151 Å². The van der Waals surface area contributed by atoms with E-state index in [0.717, 1.165) is 22.3 Å². The van der Waals surface area contributed by atoms with E-state index in [2.05, 4.69) is 35.3 Å². The van der Waals surface area contributed by atoms with Gasteiger partial charge < -0.3 is 10.5 Å². The fourth-order valence-electron chi connectivity index (χ4n) is 3.23. The molecule has 0 unspecified atom stereocenters. The Kier molecular flexibility index (Phi) is 3.94. The van der Waals surface area contributed by atoms with Crippen molar-refractivity contribution in [2.75, 3.05) is 6.61 Å². The van der Waals surface area contributed by atoms with Crippen LogP contribution in [-0.2, 0) is 10.3 Å². The molecule has 1 atom stereocenters. The molecule has 4 rings (SSSR count). The maximum absolute atomic E-state index is 6.15. The third kappa shape index (κ3) is 2.87. The minimum Gasteiger partial charge on any atom is -0.462 e. The molecule has 0 aliphatic carbocycles. The smallest absolute Gasteiger partial charge is 0.283 e. The van der Waals surface area contributed by atoms with E-state index in [-0.39, 0.29) is 6.02 Å². The lowest BCUT2D eigenvalue weighted by Crippen LogP contribution is -2.27. The lowest BCUT2D eigenvalue weighted by Gasteiger charge is -2.25. The van der Waals surface area contributed by atoms with Crippen molar-refractivity contribution < 1.29 is 4.74 Å². The van der Waals surface area contributed by atoms with Crippen molar-refractivity contribution in [2.24, 2.45) is 10.7 Å². The summed E-state index contributed by atoms with van der Waals surface area (Å²) >= 11 is 6.15. The van der Waals surface area contributed by atoms with Gasteiger partial charge in [-0.15, -0.1) is 0 Å². The van der Waals surface area contributed by atoms with Crippen LogP contribution >= 0.6 is 11.6 Å². The molecule has 3 aromatic rings. The molecule has 2 N–H and O–H groups in total. The quantitative estimate of drug-likeness (QED) is 0.752. The van der Waals surface area contributed by atoms with Gasteiger partial charge in [0.2, 0.25) is 0 Å². The number of benzene rings is 3. The zero-order chi connectivity index (χ0) is 17.3. The molecule has 0 amide bonds. The predicted molar refractivity (Wildman–Crippen MR) is 102 cm³/mol. The van der Waals surface area contributed by atoms with Gasteiger partial charge in [0.25, 0.3) is 6.02 Å². The molecule has 3 aromatic carbocycles. The van der Waals surface area contributed by atoms with E-state index in [1.807, 2.05) is 48.5 Å². The van der Waals surface area contributed by atoms with Gasteiger partial charge in [-0.25, -0.2) is 4.99 Å². The van der Waals surface area contributed by atoms with E-state index in [1.165, 1.54) is 0 Å². The Balaban J connectivity index is 1.86. The van der Waals surface area contributed by atoms with E-state index in [9.17, 15) is 0 Å². The minimum absolute atomic E-state index is 0.219. The van der Waals surface area contributed by atoms with Crippen LogP contribution < -0.4 is 5.73 Å². The molecule has 0 radical (unpaired) electrons. The number of amidine groups is 1. The Morgan fingerprint density at radius 2 is 1.52 bits per heavy atom. The van der Waals surface area contributed by atoms with Crippen LogP contribution in [0.25, 0.3) is 11.1 Å². The summed E-state index contributed by atoms with van der Waals surface area (Å²) in [6.07, 6.45) is 0. The average Bonchev–Trinajstić information content (AvgIpc) is 3.06. The molecule has 3 nitrogen and oxygen atoms in total. The number of rotatable bonds is 3. The first-order chi connectivity index (χ1) is 12.2. The highest BCUT2D eigenvalue weighted by Crippen LogP contribution is 2.38. The Hall–Kier alpha value is -2.78. The fraction of sp³-hybridized carbons (Fsp3) is 0.0952. The summed E-state index contributed by atoms with van der Waals surface area (Å²) in [6, 6.07) is 26.4. The summed E-state index contributed by atoms with van der Waals surface area (Å²) in [5.74, 6) is 0. The average molecular weight is 349 g/mol. The molecule has 0 saturated carbocycles. The molecule has 0 aromatic heterocycles. The first kappa shape index (κ1) is 15.7. The van der Waals surface area contributed by atoms with E-state index in [0.29, 0.717) is 11.6 Å². The second-order valence-electron chi connectivity index (χ2n) is 6.06. The normalized spacial score (nSPS) is 19.3. The lowest BCUT2D eigenvalue weighted by molar-refractivity contribution is 0.278. The van der Waals surface area contributed by atoms with Crippen LogP contribution in [0, 0.1) is 0 Å². The highest BCUT2D eigenvalue weighted by molar-refractivity contribution is 6.30. The number of ether oxygens (including phenoxy) is 1. The number of hydrogen-bond donors (Lipinski definition) is 1. The highest BCUT2D eigenvalue weighted by Gasteiger charge is 2.40. The van der Waals surface area contributed by atoms with Crippen LogP contribution in [0.15, 0.2) is 83.9 Å². The number of nitrogens with two attached hydrogens (primary N) is 1. The Bertz CT molecular complexity index is 939. The van der Waals surface area contributed by atoms with E-state index < -0.39 is 5.54 Å².